The molecule has 0 fully saturated rings. The number of rotatable bonds is 2. The molecule has 0 radical (unpaired) electrons. The molecule has 0 saturated heterocycles. The van der Waals surface area contributed by atoms with Crippen molar-refractivity contribution in [2.24, 2.45) is 5.73 Å². The number of hydrogen-bond acceptors (Lipinski definition) is 5. The Morgan fingerprint density at radius 1 is 1.17 bits per heavy atom. The molecule has 3 heterocycles. The molecule has 0 saturated carbocycles. The van der Waals surface area contributed by atoms with E-state index in [0.29, 0.717) is 27.0 Å². The van der Waals surface area contributed by atoms with Gasteiger partial charge in [-0.25, -0.2) is 4.98 Å². The molecular formula is C22H15N5OS. The summed E-state index contributed by atoms with van der Waals surface area (Å²) in [6.07, 6.45) is 2.17. The van der Waals surface area contributed by atoms with Gasteiger partial charge in [-0.2, -0.15) is 5.26 Å². The second kappa shape index (κ2) is 6.62. The molecule has 0 aliphatic carbocycles. The lowest BCUT2D eigenvalue weighted by molar-refractivity contribution is 0.941. The lowest BCUT2D eigenvalue weighted by Gasteiger charge is -2.14. The van der Waals surface area contributed by atoms with E-state index in [1.165, 1.54) is 15.9 Å². The van der Waals surface area contributed by atoms with Crippen molar-refractivity contribution in [1.29, 1.82) is 5.26 Å². The van der Waals surface area contributed by atoms with Gasteiger partial charge in [0, 0.05) is 12.0 Å². The lowest BCUT2D eigenvalue weighted by Crippen LogP contribution is -2.36. The summed E-state index contributed by atoms with van der Waals surface area (Å²) in [5.41, 5.74) is 9.78. The number of nitrogens with zero attached hydrogens (tertiary/aromatic N) is 3. The molecule has 140 valence electrons. The number of fused-ring (bicyclic) bond motifs is 2. The van der Waals surface area contributed by atoms with Crippen LogP contribution in [0.15, 0.2) is 65.0 Å². The Morgan fingerprint density at radius 3 is 2.69 bits per heavy atom. The third-order valence-corrected chi connectivity index (χ3v) is 6.03. The molecule has 1 aliphatic heterocycles. The molecule has 2 aromatic carbocycles. The van der Waals surface area contributed by atoms with E-state index in [-0.39, 0.29) is 11.4 Å². The van der Waals surface area contributed by atoms with E-state index in [0.717, 1.165) is 22.2 Å². The first-order valence-electron chi connectivity index (χ1n) is 9.02. The molecule has 7 heteroatoms. The van der Waals surface area contributed by atoms with Crippen LogP contribution < -0.4 is 20.5 Å². The van der Waals surface area contributed by atoms with Crippen LogP contribution in [0.2, 0.25) is 0 Å². The predicted molar refractivity (Wildman–Crippen MR) is 114 cm³/mol. The van der Waals surface area contributed by atoms with Gasteiger partial charge in [-0.3, -0.25) is 9.36 Å². The number of nitrogens with one attached hydrogen (secondary N) is 1. The van der Waals surface area contributed by atoms with Gasteiger partial charge in [-0.1, -0.05) is 42.5 Å². The first-order valence-corrected chi connectivity index (χ1v) is 9.83. The zero-order valence-electron chi connectivity index (χ0n) is 15.2. The van der Waals surface area contributed by atoms with Crippen LogP contribution in [0.4, 0.5) is 0 Å². The van der Waals surface area contributed by atoms with Gasteiger partial charge in [-0.15, -0.1) is 11.3 Å². The number of aromatic nitrogens is 3. The predicted octanol–water partition coefficient (Wildman–Crippen LogP) is 1.87. The zero-order valence-corrected chi connectivity index (χ0v) is 16.0. The smallest absolute Gasteiger partial charge is 0.274 e. The van der Waals surface area contributed by atoms with Crippen LogP contribution in [0.5, 0.6) is 0 Å². The number of imidazole rings is 1. The zero-order chi connectivity index (χ0) is 20.0. The van der Waals surface area contributed by atoms with Gasteiger partial charge < -0.3 is 10.7 Å². The summed E-state index contributed by atoms with van der Waals surface area (Å²) >= 11 is 1.36. The maximum Gasteiger partial charge on any atom is 0.274 e. The van der Waals surface area contributed by atoms with Gasteiger partial charge in [0.15, 0.2) is 0 Å². The van der Waals surface area contributed by atoms with E-state index in [1.54, 1.807) is 0 Å². The summed E-state index contributed by atoms with van der Waals surface area (Å²) in [7, 11) is 0. The van der Waals surface area contributed by atoms with Gasteiger partial charge in [0.2, 0.25) is 0 Å². The summed E-state index contributed by atoms with van der Waals surface area (Å²) in [5, 5.41) is 9.57. The average molecular weight is 397 g/mol. The highest BCUT2D eigenvalue weighted by Gasteiger charge is 2.23. The van der Waals surface area contributed by atoms with Crippen LogP contribution in [0.3, 0.4) is 0 Å². The van der Waals surface area contributed by atoms with E-state index in [1.807, 2.05) is 60.7 Å². The van der Waals surface area contributed by atoms with E-state index in [9.17, 15) is 10.1 Å². The second-order valence-electron chi connectivity index (χ2n) is 6.70. The standard InChI is InChI=1S/C22H15N5OS/c23-12-14-11-15(20-25-16-8-4-5-9-17(16)26-20)22-27(19(14)24)21(28)18(29-22)10-13-6-2-1-3-7-13/h1-10H,11,24H2,(H,25,26)/b18-10+. The van der Waals surface area contributed by atoms with E-state index in [2.05, 4.69) is 16.0 Å². The monoisotopic (exact) mass is 397 g/mol. The van der Waals surface area contributed by atoms with Crippen molar-refractivity contribution >= 4 is 39.8 Å². The SMILES string of the molecule is N#CC1=C(N)n2c(s/c(=C/c3ccccc3)c2=O)=C(c2nc3ccccc3[nH]2)C1. The van der Waals surface area contributed by atoms with E-state index < -0.39 is 0 Å². The summed E-state index contributed by atoms with van der Waals surface area (Å²) in [6, 6.07) is 19.5. The van der Waals surface area contributed by atoms with E-state index in [4.69, 9.17) is 5.73 Å². The normalized spacial score (nSPS) is 14.3. The Hall–Kier alpha value is -3.89. The van der Waals surface area contributed by atoms with Crippen LogP contribution in [-0.4, -0.2) is 14.5 Å². The Morgan fingerprint density at radius 2 is 1.93 bits per heavy atom. The number of para-hydroxylation sites is 2. The Labute approximate surface area is 169 Å². The molecule has 0 bridgehead atoms. The molecule has 0 spiro atoms. The maximum absolute atomic E-state index is 13.1. The summed E-state index contributed by atoms with van der Waals surface area (Å²) in [4.78, 5) is 21.1. The van der Waals surface area contributed by atoms with Crippen molar-refractivity contribution in [3.63, 3.8) is 0 Å². The van der Waals surface area contributed by atoms with Crippen molar-refractivity contribution in [3.8, 4) is 6.07 Å². The first kappa shape index (κ1) is 17.2. The number of aromatic amines is 1. The minimum atomic E-state index is -0.229. The first-order chi connectivity index (χ1) is 14.2. The molecule has 6 nitrogen and oxygen atoms in total. The van der Waals surface area contributed by atoms with Gasteiger partial charge in [0.1, 0.15) is 16.3 Å². The molecule has 1 aliphatic rings. The largest absolute Gasteiger partial charge is 0.384 e. The van der Waals surface area contributed by atoms with Crippen LogP contribution in [0, 0.1) is 11.3 Å². The minimum Gasteiger partial charge on any atom is -0.384 e. The number of nitrogens with two attached hydrogens (primary N) is 1. The Bertz CT molecular complexity index is 1480. The third-order valence-electron chi connectivity index (χ3n) is 4.89. The Kier molecular flexibility index (Phi) is 3.93. The van der Waals surface area contributed by atoms with Crippen molar-refractivity contribution in [1.82, 2.24) is 14.5 Å². The summed E-state index contributed by atoms with van der Waals surface area (Å²) in [5.74, 6) is 0.837. The van der Waals surface area contributed by atoms with Crippen molar-refractivity contribution in [3.05, 3.63) is 91.1 Å². The third kappa shape index (κ3) is 2.78. The number of hydrogen-bond donors (Lipinski definition) is 2. The molecular weight excluding hydrogens is 382 g/mol. The van der Waals surface area contributed by atoms with Gasteiger partial charge in [-0.05, 0) is 23.8 Å². The van der Waals surface area contributed by atoms with Gasteiger partial charge >= 0.3 is 0 Å². The highest BCUT2D eigenvalue weighted by atomic mass is 32.1. The molecule has 29 heavy (non-hydrogen) atoms. The van der Waals surface area contributed by atoms with Crippen LogP contribution in [0.1, 0.15) is 17.8 Å². The molecule has 2 aromatic heterocycles. The molecule has 5 rings (SSSR count). The van der Waals surface area contributed by atoms with Gasteiger partial charge in [0.25, 0.3) is 5.56 Å². The highest BCUT2D eigenvalue weighted by molar-refractivity contribution is 7.07. The van der Waals surface area contributed by atoms with Crippen molar-refractivity contribution in [2.75, 3.05) is 0 Å². The van der Waals surface area contributed by atoms with E-state index >= 15 is 0 Å². The molecule has 0 unspecified atom stereocenters. The summed E-state index contributed by atoms with van der Waals surface area (Å²) < 4.78 is 2.69. The van der Waals surface area contributed by atoms with Gasteiger partial charge in [0.05, 0.1) is 27.2 Å². The fourth-order valence-electron chi connectivity index (χ4n) is 3.46. The Balaban J connectivity index is 1.84. The van der Waals surface area contributed by atoms with Crippen LogP contribution in [0.25, 0.3) is 28.5 Å². The molecule has 0 amide bonds. The maximum atomic E-state index is 13.1. The topological polar surface area (TPSA) is 100 Å². The summed E-state index contributed by atoms with van der Waals surface area (Å²) in [6.45, 7) is 0. The minimum absolute atomic E-state index is 0.191. The highest BCUT2D eigenvalue weighted by Crippen LogP contribution is 2.24. The second-order valence-corrected chi connectivity index (χ2v) is 7.73. The fourth-order valence-corrected chi connectivity index (χ4v) is 4.61. The fraction of sp³-hybridized carbons (Fsp3) is 0.0455. The quantitative estimate of drug-likeness (QED) is 0.539. The molecule has 3 N–H and O–H groups in total. The van der Waals surface area contributed by atoms with Crippen LogP contribution in [-0.2, 0) is 0 Å². The van der Waals surface area contributed by atoms with Crippen molar-refractivity contribution in [2.45, 2.75) is 6.42 Å². The molecule has 4 aromatic rings. The molecule has 0 atom stereocenters. The number of allylic oxidation sites excluding steroid dienone is 1. The van der Waals surface area contributed by atoms with Crippen molar-refractivity contribution < 1.29 is 0 Å². The van der Waals surface area contributed by atoms with Crippen LogP contribution >= 0.6 is 11.3 Å². The number of thiazole rings is 1. The number of benzene rings is 2. The number of H-pyrrole nitrogens is 1. The lowest BCUT2D eigenvalue weighted by atomic mass is 10.0. The average Bonchev–Trinajstić information content (AvgIpc) is 3.31. The number of nitriles is 1.